The maximum atomic E-state index is 11.8. The van der Waals surface area contributed by atoms with Gasteiger partial charge in [0.1, 0.15) is 0 Å². The first-order valence-electron chi connectivity index (χ1n) is 6.50. The highest BCUT2D eigenvalue weighted by Crippen LogP contribution is 2.16. The Kier molecular flexibility index (Phi) is 4.66. The summed E-state index contributed by atoms with van der Waals surface area (Å²) in [6.07, 6.45) is 2.99. The van der Waals surface area contributed by atoms with E-state index in [1.807, 2.05) is 32.0 Å². The van der Waals surface area contributed by atoms with Gasteiger partial charge in [0.25, 0.3) is 5.91 Å². The summed E-state index contributed by atoms with van der Waals surface area (Å²) in [6.45, 7) is 3.52. The summed E-state index contributed by atoms with van der Waals surface area (Å²) in [6, 6.07) is 8.83. The average molecular weight is 284 g/mol. The lowest BCUT2D eigenvalue weighted by atomic mass is 10.1. The number of benzene rings is 1. The zero-order valence-electron chi connectivity index (χ0n) is 11.9. The van der Waals surface area contributed by atoms with Gasteiger partial charge in [0.05, 0.1) is 5.56 Å². The number of nitrogens with zero attached hydrogens (tertiary/aromatic N) is 1. The van der Waals surface area contributed by atoms with Gasteiger partial charge in [-0.3, -0.25) is 9.78 Å². The second-order valence-electron chi connectivity index (χ2n) is 4.68. The van der Waals surface area contributed by atoms with Crippen LogP contribution in [-0.2, 0) is 9.53 Å². The molecule has 0 unspecified atom stereocenters. The van der Waals surface area contributed by atoms with Crippen molar-refractivity contribution in [3.8, 4) is 0 Å². The minimum Gasteiger partial charge on any atom is -0.452 e. The molecule has 0 radical (unpaired) electrons. The minimum absolute atomic E-state index is 0.325. The van der Waals surface area contributed by atoms with Crippen molar-refractivity contribution in [1.82, 2.24) is 4.98 Å². The van der Waals surface area contributed by atoms with E-state index in [1.165, 1.54) is 24.5 Å². The van der Waals surface area contributed by atoms with Crippen molar-refractivity contribution >= 4 is 17.6 Å². The van der Waals surface area contributed by atoms with Gasteiger partial charge in [-0.25, -0.2) is 4.79 Å². The molecule has 1 N–H and O–H groups in total. The number of nitrogens with one attached hydrogen (secondary N) is 1. The van der Waals surface area contributed by atoms with E-state index in [4.69, 9.17) is 4.74 Å². The molecule has 5 nitrogen and oxygen atoms in total. The summed E-state index contributed by atoms with van der Waals surface area (Å²) in [5.41, 5.74) is 3.09. The highest BCUT2D eigenvalue weighted by atomic mass is 16.5. The molecule has 0 aliphatic rings. The number of rotatable bonds is 4. The van der Waals surface area contributed by atoms with Crippen LogP contribution in [0.4, 0.5) is 5.69 Å². The summed E-state index contributed by atoms with van der Waals surface area (Å²) < 4.78 is 4.95. The largest absolute Gasteiger partial charge is 0.452 e. The number of pyridine rings is 1. The van der Waals surface area contributed by atoms with Crippen LogP contribution in [0.3, 0.4) is 0 Å². The van der Waals surface area contributed by atoms with Crippen LogP contribution < -0.4 is 5.32 Å². The molecule has 5 heteroatoms. The quantitative estimate of drug-likeness (QED) is 0.876. The third kappa shape index (κ3) is 4.14. The molecule has 0 fully saturated rings. The summed E-state index contributed by atoms with van der Waals surface area (Å²) in [7, 11) is 0. The van der Waals surface area contributed by atoms with Crippen molar-refractivity contribution in [2.24, 2.45) is 0 Å². The molecule has 1 heterocycles. The van der Waals surface area contributed by atoms with E-state index < -0.39 is 5.97 Å². The Hall–Kier alpha value is -2.69. The topological polar surface area (TPSA) is 68.3 Å². The Morgan fingerprint density at radius 3 is 2.57 bits per heavy atom. The van der Waals surface area contributed by atoms with Crippen molar-refractivity contribution in [3.05, 3.63) is 59.4 Å². The standard InChI is InChI=1S/C16H16N2O3/c1-11-3-4-12(2)14(9-11)18-15(19)10-21-16(20)13-5-7-17-8-6-13/h3-9H,10H2,1-2H3,(H,18,19). The zero-order valence-corrected chi connectivity index (χ0v) is 11.9. The molecule has 0 bridgehead atoms. The first-order chi connectivity index (χ1) is 10.1. The summed E-state index contributed by atoms with van der Waals surface area (Å²) >= 11 is 0. The molecule has 0 spiro atoms. The Balaban J connectivity index is 1.91. The van der Waals surface area contributed by atoms with E-state index in [9.17, 15) is 9.59 Å². The molecule has 108 valence electrons. The van der Waals surface area contributed by atoms with Crippen molar-refractivity contribution < 1.29 is 14.3 Å². The molecule has 0 atom stereocenters. The number of hydrogen-bond acceptors (Lipinski definition) is 4. The lowest BCUT2D eigenvalue weighted by Gasteiger charge is -2.09. The zero-order chi connectivity index (χ0) is 15.2. The Morgan fingerprint density at radius 2 is 1.86 bits per heavy atom. The lowest BCUT2D eigenvalue weighted by Crippen LogP contribution is -2.21. The maximum absolute atomic E-state index is 11.8. The molecular formula is C16H16N2O3. The van der Waals surface area contributed by atoms with E-state index in [1.54, 1.807) is 0 Å². The highest BCUT2D eigenvalue weighted by Gasteiger charge is 2.10. The smallest absolute Gasteiger partial charge is 0.338 e. The third-order valence-electron chi connectivity index (χ3n) is 2.92. The average Bonchev–Trinajstić information content (AvgIpc) is 2.49. The fourth-order valence-electron chi connectivity index (χ4n) is 1.76. The van der Waals surface area contributed by atoms with Crippen LogP contribution in [0, 0.1) is 13.8 Å². The molecular weight excluding hydrogens is 268 g/mol. The number of anilines is 1. The van der Waals surface area contributed by atoms with Crippen LogP contribution in [0.5, 0.6) is 0 Å². The molecule has 2 aromatic rings. The monoisotopic (exact) mass is 284 g/mol. The normalized spacial score (nSPS) is 10.0. The van der Waals surface area contributed by atoms with Gasteiger partial charge in [-0.2, -0.15) is 0 Å². The van der Waals surface area contributed by atoms with Crippen LogP contribution in [0.15, 0.2) is 42.7 Å². The predicted molar refractivity (Wildman–Crippen MR) is 79.1 cm³/mol. The van der Waals surface area contributed by atoms with Crippen molar-refractivity contribution in [2.75, 3.05) is 11.9 Å². The van der Waals surface area contributed by atoms with Crippen LogP contribution in [0.1, 0.15) is 21.5 Å². The number of esters is 1. The Labute approximate surface area is 123 Å². The number of hydrogen-bond donors (Lipinski definition) is 1. The van der Waals surface area contributed by atoms with E-state index in [2.05, 4.69) is 10.3 Å². The molecule has 1 amide bonds. The van der Waals surface area contributed by atoms with Gasteiger partial charge in [0.15, 0.2) is 6.61 Å². The van der Waals surface area contributed by atoms with Gasteiger partial charge in [-0.05, 0) is 43.2 Å². The van der Waals surface area contributed by atoms with E-state index >= 15 is 0 Å². The van der Waals surface area contributed by atoms with Gasteiger partial charge in [-0.15, -0.1) is 0 Å². The first-order valence-corrected chi connectivity index (χ1v) is 6.50. The molecule has 0 aliphatic heterocycles. The van der Waals surface area contributed by atoms with Gasteiger partial charge >= 0.3 is 5.97 Å². The molecule has 1 aromatic heterocycles. The molecule has 0 saturated heterocycles. The van der Waals surface area contributed by atoms with E-state index in [-0.39, 0.29) is 12.5 Å². The van der Waals surface area contributed by atoms with Gasteiger partial charge in [-0.1, -0.05) is 12.1 Å². The van der Waals surface area contributed by atoms with Crippen molar-refractivity contribution in [2.45, 2.75) is 13.8 Å². The molecule has 2 rings (SSSR count). The molecule has 0 saturated carbocycles. The first kappa shape index (κ1) is 14.7. The predicted octanol–water partition coefficient (Wildman–Crippen LogP) is 2.49. The van der Waals surface area contributed by atoms with Crippen LogP contribution in [0.25, 0.3) is 0 Å². The summed E-state index contributed by atoms with van der Waals surface area (Å²) in [5.74, 6) is -0.917. The second kappa shape index (κ2) is 6.65. The van der Waals surface area contributed by atoms with Crippen molar-refractivity contribution in [3.63, 3.8) is 0 Å². The molecule has 1 aromatic carbocycles. The Bertz CT molecular complexity index is 654. The van der Waals surface area contributed by atoms with Crippen LogP contribution in [-0.4, -0.2) is 23.5 Å². The van der Waals surface area contributed by atoms with E-state index in [0.29, 0.717) is 5.56 Å². The minimum atomic E-state index is -0.548. The number of carbonyl (C=O) groups is 2. The lowest BCUT2D eigenvalue weighted by molar-refractivity contribution is -0.119. The van der Waals surface area contributed by atoms with Crippen LogP contribution >= 0.6 is 0 Å². The molecule has 21 heavy (non-hydrogen) atoms. The van der Waals surface area contributed by atoms with Gasteiger partial charge in [0.2, 0.25) is 0 Å². The summed E-state index contributed by atoms with van der Waals surface area (Å²) in [5, 5.41) is 2.73. The molecule has 0 aliphatic carbocycles. The highest BCUT2D eigenvalue weighted by molar-refractivity contribution is 5.95. The number of amides is 1. The fourth-order valence-corrected chi connectivity index (χ4v) is 1.76. The van der Waals surface area contributed by atoms with Gasteiger partial charge < -0.3 is 10.1 Å². The number of aromatic nitrogens is 1. The van der Waals surface area contributed by atoms with Crippen LogP contribution in [0.2, 0.25) is 0 Å². The Morgan fingerprint density at radius 1 is 1.14 bits per heavy atom. The second-order valence-corrected chi connectivity index (χ2v) is 4.68. The van der Waals surface area contributed by atoms with Crippen molar-refractivity contribution in [1.29, 1.82) is 0 Å². The van der Waals surface area contributed by atoms with E-state index in [0.717, 1.165) is 16.8 Å². The SMILES string of the molecule is Cc1ccc(C)c(NC(=O)COC(=O)c2ccncc2)c1. The number of carbonyl (C=O) groups excluding carboxylic acids is 2. The maximum Gasteiger partial charge on any atom is 0.338 e. The van der Waals surface area contributed by atoms with Gasteiger partial charge in [0, 0.05) is 18.1 Å². The number of ether oxygens (including phenoxy) is 1. The number of aryl methyl sites for hydroxylation is 2. The summed E-state index contributed by atoms with van der Waals surface area (Å²) in [4.78, 5) is 27.3. The fraction of sp³-hybridized carbons (Fsp3) is 0.188. The third-order valence-corrected chi connectivity index (χ3v) is 2.92.